The second kappa shape index (κ2) is 12.8. The topological polar surface area (TPSA) is 100 Å². The van der Waals surface area contributed by atoms with Crippen molar-refractivity contribution in [3.05, 3.63) is 59.3 Å². The van der Waals surface area contributed by atoms with Crippen LogP contribution in [0.5, 0.6) is 0 Å². The fraction of sp³-hybridized carbons (Fsp3) is 0.467. The van der Waals surface area contributed by atoms with Crippen LogP contribution in [0.15, 0.2) is 36.5 Å². The number of amides is 2. The highest BCUT2D eigenvalue weighted by atomic mass is 19.1. The molecule has 0 aliphatic carbocycles. The number of likely N-dealkylation sites (N-methyl/N-ethyl adjacent to an activating group) is 2. The van der Waals surface area contributed by atoms with Gasteiger partial charge in [0.05, 0.1) is 36.5 Å². The molecule has 0 saturated carbocycles. The molecule has 2 aromatic carbocycles. The zero-order valence-corrected chi connectivity index (χ0v) is 24.9. The lowest BCUT2D eigenvalue weighted by Crippen LogP contribution is -2.40. The van der Waals surface area contributed by atoms with Gasteiger partial charge in [-0.15, -0.1) is 0 Å². The van der Waals surface area contributed by atoms with Crippen LogP contribution < -0.4 is 10.2 Å². The summed E-state index contributed by atoms with van der Waals surface area (Å²) in [4.78, 5) is 40.4. The third-order valence-electron chi connectivity index (χ3n) is 6.78. The van der Waals surface area contributed by atoms with Crippen LogP contribution in [0.4, 0.5) is 25.1 Å². The summed E-state index contributed by atoms with van der Waals surface area (Å²) >= 11 is 0. The van der Waals surface area contributed by atoms with E-state index in [1.165, 1.54) is 21.9 Å². The van der Waals surface area contributed by atoms with Crippen molar-refractivity contribution in [1.29, 1.82) is 0 Å². The van der Waals surface area contributed by atoms with Crippen molar-refractivity contribution < 1.29 is 27.8 Å². The summed E-state index contributed by atoms with van der Waals surface area (Å²) in [6.07, 6.45) is 1.20. The number of carbonyl (C=O) groups is 2. The first-order valence-corrected chi connectivity index (χ1v) is 13.9. The van der Waals surface area contributed by atoms with Crippen LogP contribution >= 0.6 is 0 Å². The molecule has 2 amide bonds. The normalized spacial score (nSPS) is 14.4. The van der Waals surface area contributed by atoms with Gasteiger partial charge in [-0.25, -0.2) is 18.6 Å². The molecule has 2 heterocycles. The molecule has 4 rings (SSSR count). The summed E-state index contributed by atoms with van der Waals surface area (Å²) < 4.78 is 38.7. The Balaban J connectivity index is 1.63. The Morgan fingerprint density at radius 3 is 2.33 bits per heavy atom. The van der Waals surface area contributed by atoms with Crippen LogP contribution in [0.3, 0.4) is 0 Å². The van der Waals surface area contributed by atoms with Gasteiger partial charge in [-0.1, -0.05) is 0 Å². The minimum Gasteiger partial charge on any atom is -0.444 e. The predicted molar refractivity (Wildman–Crippen MR) is 157 cm³/mol. The SMILES string of the molecule is CC(Nc1cc(F)cc(F)c1)c1cc(C(=O)N(C)CCN(C)C(=O)OC(C)(C)C)cc2ncc(N3CCOCC3)nc12. The van der Waals surface area contributed by atoms with E-state index >= 15 is 0 Å². The van der Waals surface area contributed by atoms with E-state index in [-0.39, 0.29) is 24.7 Å². The van der Waals surface area contributed by atoms with Crippen molar-refractivity contribution >= 4 is 34.5 Å². The zero-order chi connectivity index (χ0) is 30.6. The first kappa shape index (κ1) is 30.9. The molecule has 1 aliphatic heterocycles. The summed E-state index contributed by atoms with van der Waals surface area (Å²) in [5.41, 5.74) is 1.71. The molecule has 1 aromatic heterocycles. The molecular weight excluding hydrogens is 546 g/mol. The number of halogens is 2. The summed E-state index contributed by atoms with van der Waals surface area (Å²) in [5, 5.41) is 3.13. The zero-order valence-electron chi connectivity index (χ0n) is 24.9. The Bertz CT molecular complexity index is 1420. The number of nitrogens with one attached hydrogen (secondary N) is 1. The van der Waals surface area contributed by atoms with Crippen LogP contribution in [-0.2, 0) is 9.47 Å². The first-order valence-electron chi connectivity index (χ1n) is 13.9. The van der Waals surface area contributed by atoms with Crippen molar-refractivity contribution in [2.24, 2.45) is 0 Å². The maximum absolute atomic E-state index is 13.9. The molecule has 0 radical (unpaired) electrons. The monoisotopic (exact) mass is 584 g/mol. The van der Waals surface area contributed by atoms with E-state index in [4.69, 9.17) is 14.5 Å². The number of benzene rings is 2. The van der Waals surface area contributed by atoms with Crippen molar-refractivity contribution in [3.63, 3.8) is 0 Å². The van der Waals surface area contributed by atoms with E-state index < -0.39 is 29.4 Å². The van der Waals surface area contributed by atoms with Gasteiger partial charge in [0.1, 0.15) is 23.1 Å². The Morgan fingerprint density at radius 1 is 1.05 bits per heavy atom. The van der Waals surface area contributed by atoms with Gasteiger partial charge < -0.3 is 29.5 Å². The molecule has 226 valence electrons. The average molecular weight is 585 g/mol. The molecule has 1 N–H and O–H groups in total. The molecule has 1 saturated heterocycles. The van der Waals surface area contributed by atoms with Gasteiger partial charge in [-0.05, 0) is 52.0 Å². The van der Waals surface area contributed by atoms with E-state index in [1.807, 2.05) is 6.92 Å². The van der Waals surface area contributed by atoms with Crippen LogP contribution in [0, 0.1) is 11.6 Å². The van der Waals surface area contributed by atoms with Crippen molar-refractivity contribution in [2.75, 3.05) is 63.7 Å². The van der Waals surface area contributed by atoms with E-state index in [0.717, 1.165) is 6.07 Å². The van der Waals surface area contributed by atoms with Gasteiger partial charge in [0.2, 0.25) is 0 Å². The van der Waals surface area contributed by atoms with E-state index in [2.05, 4.69) is 15.2 Å². The number of anilines is 2. The Hall–Kier alpha value is -4.06. The molecule has 1 unspecified atom stereocenters. The van der Waals surface area contributed by atoms with Crippen LogP contribution in [0.2, 0.25) is 0 Å². The second-order valence-corrected chi connectivity index (χ2v) is 11.4. The molecule has 3 aromatic rings. The lowest BCUT2D eigenvalue weighted by Gasteiger charge is -2.28. The van der Waals surface area contributed by atoms with Gasteiger partial charge >= 0.3 is 6.09 Å². The van der Waals surface area contributed by atoms with E-state index in [0.29, 0.717) is 54.3 Å². The molecule has 0 bridgehead atoms. The number of morpholine rings is 1. The number of rotatable bonds is 8. The summed E-state index contributed by atoms with van der Waals surface area (Å²) in [7, 11) is 3.27. The maximum atomic E-state index is 13.9. The number of aromatic nitrogens is 2. The van der Waals surface area contributed by atoms with Crippen molar-refractivity contribution in [1.82, 2.24) is 19.8 Å². The van der Waals surface area contributed by atoms with Crippen LogP contribution in [0.1, 0.15) is 49.7 Å². The number of carbonyl (C=O) groups excluding carboxylic acids is 2. The third kappa shape index (κ3) is 7.81. The smallest absolute Gasteiger partial charge is 0.410 e. The van der Waals surface area contributed by atoms with Crippen molar-refractivity contribution in [2.45, 2.75) is 39.3 Å². The highest BCUT2D eigenvalue weighted by Crippen LogP contribution is 2.29. The summed E-state index contributed by atoms with van der Waals surface area (Å²) in [5.74, 6) is -1.01. The van der Waals surface area contributed by atoms with Gasteiger partial charge in [0.25, 0.3) is 5.91 Å². The molecular formula is C30H38F2N6O4. The van der Waals surface area contributed by atoms with Gasteiger partial charge in [-0.3, -0.25) is 9.78 Å². The highest BCUT2D eigenvalue weighted by molar-refractivity contribution is 5.98. The molecule has 42 heavy (non-hydrogen) atoms. The lowest BCUT2D eigenvalue weighted by atomic mass is 10.0. The van der Waals surface area contributed by atoms with Crippen LogP contribution in [0.25, 0.3) is 11.0 Å². The lowest BCUT2D eigenvalue weighted by molar-refractivity contribution is 0.0283. The highest BCUT2D eigenvalue weighted by Gasteiger charge is 2.23. The molecule has 1 aliphatic rings. The quantitative estimate of drug-likeness (QED) is 0.401. The predicted octanol–water partition coefficient (Wildman–Crippen LogP) is 4.86. The van der Waals surface area contributed by atoms with Crippen LogP contribution in [-0.4, -0.2) is 90.9 Å². The molecule has 1 atom stereocenters. The summed E-state index contributed by atoms with van der Waals surface area (Å²) in [6.45, 7) is 10.2. The van der Waals surface area contributed by atoms with Gasteiger partial charge in [0, 0.05) is 63.2 Å². The van der Waals surface area contributed by atoms with Gasteiger partial charge in [0.15, 0.2) is 0 Å². The Labute approximate surface area is 244 Å². The largest absolute Gasteiger partial charge is 0.444 e. The first-order chi connectivity index (χ1) is 19.8. The standard InChI is InChI=1S/C30H38F2N6O4/c1-19(34-23-16-21(31)15-22(32)17-23)24-13-20(28(39)36(5)7-8-37(6)29(40)42-30(2,3)4)14-25-27(24)35-26(18-33-25)38-9-11-41-12-10-38/h13-19,34H,7-12H2,1-6H3. The van der Waals surface area contributed by atoms with Crippen molar-refractivity contribution in [3.8, 4) is 0 Å². The minimum atomic E-state index is -0.703. The number of ether oxygens (including phenoxy) is 2. The number of hydrogen-bond donors (Lipinski definition) is 1. The van der Waals surface area contributed by atoms with E-state index in [1.54, 1.807) is 53.2 Å². The fourth-order valence-electron chi connectivity index (χ4n) is 4.55. The third-order valence-corrected chi connectivity index (χ3v) is 6.78. The Morgan fingerprint density at radius 2 is 1.69 bits per heavy atom. The van der Waals surface area contributed by atoms with E-state index in [9.17, 15) is 18.4 Å². The average Bonchev–Trinajstić information content (AvgIpc) is 2.93. The second-order valence-electron chi connectivity index (χ2n) is 11.4. The molecule has 1 fully saturated rings. The maximum Gasteiger partial charge on any atom is 0.410 e. The van der Waals surface area contributed by atoms with Gasteiger partial charge in [-0.2, -0.15) is 0 Å². The molecule has 12 heteroatoms. The number of hydrogen-bond acceptors (Lipinski definition) is 8. The fourth-order valence-corrected chi connectivity index (χ4v) is 4.55. The minimum absolute atomic E-state index is 0.254. The number of fused-ring (bicyclic) bond motifs is 1. The molecule has 0 spiro atoms. The summed E-state index contributed by atoms with van der Waals surface area (Å²) in [6, 6.07) is 6.14. The Kier molecular flexibility index (Phi) is 9.45. The molecule has 10 nitrogen and oxygen atoms in total. The number of nitrogens with zero attached hydrogens (tertiary/aromatic N) is 5.